The lowest BCUT2D eigenvalue weighted by molar-refractivity contribution is 0.0448. The second-order valence-electron chi connectivity index (χ2n) is 8.19. The summed E-state index contributed by atoms with van der Waals surface area (Å²) in [7, 11) is 1.72. The minimum Gasteiger partial charge on any atom is -0.444 e. The van der Waals surface area contributed by atoms with Gasteiger partial charge in [-0.2, -0.15) is 10.1 Å². The SMILES string of the molecule is Cn1c(N2CCC(C)(NC(=O)OC(C)(C)C)CC2)nc2[nH]nc(I)c2c1=O. The number of rotatable bonds is 2. The number of nitrogens with zero attached hydrogens (tertiary/aromatic N) is 4. The first-order chi connectivity index (χ1) is 12.5. The first-order valence-corrected chi connectivity index (χ1v) is 9.94. The molecular weight excluding hydrogens is 463 g/mol. The summed E-state index contributed by atoms with van der Waals surface area (Å²) in [6, 6.07) is 0. The van der Waals surface area contributed by atoms with E-state index in [9.17, 15) is 9.59 Å². The number of carbonyl (C=O) groups is 1. The second kappa shape index (κ2) is 6.95. The van der Waals surface area contributed by atoms with E-state index in [1.54, 1.807) is 11.6 Å². The molecule has 3 heterocycles. The van der Waals surface area contributed by atoms with Gasteiger partial charge in [-0.15, -0.1) is 0 Å². The molecule has 3 rings (SSSR count). The van der Waals surface area contributed by atoms with Crippen molar-refractivity contribution >= 4 is 45.7 Å². The standard InChI is InChI=1S/C17H25IN6O3/c1-16(2,3)27-15(26)20-17(4)6-8-24(9-7-17)14-19-12-10(11(18)21-22-12)13(25)23(14)5/h6-9H2,1-5H3,(H,20,26)(H,21,22). The van der Waals surface area contributed by atoms with Crippen LogP contribution in [0.2, 0.25) is 0 Å². The summed E-state index contributed by atoms with van der Waals surface area (Å²) < 4.78 is 7.55. The van der Waals surface area contributed by atoms with Crippen molar-refractivity contribution in [2.75, 3.05) is 18.0 Å². The summed E-state index contributed by atoms with van der Waals surface area (Å²) in [5.41, 5.74) is -0.503. The van der Waals surface area contributed by atoms with Crippen LogP contribution >= 0.6 is 22.6 Å². The molecule has 0 bridgehead atoms. The number of piperidine rings is 1. The lowest BCUT2D eigenvalue weighted by atomic mass is 9.90. The van der Waals surface area contributed by atoms with Gasteiger partial charge in [0.05, 0.1) is 0 Å². The molecule has 0 aliphatic carbocycles. The molecule has 0 unspecified atom stereocenters. The van der Waals surface area contributed by atoms with Crippen molar-refractivity contribution in [3.05, 3.63) is 14.1 Å². The maximum atomic E-state index is 12.6. The van der Waals surface area contributed by atoms with Gasteiger partial charge in [-0.05, 0) is 63.1 Å². The summed E-state index contributed by atoms with van der Waals surface area (Å²) in [6.45, 7) is 8.89. The van der Waals surface area contributed by atoms with Gasteiger partial charge >= 0.3 is 6.09 Å². The van der Waals surface area contributed by atoms with E-state index in [0.717, 1.165) is 12.8 Å². The number of alkyl carbamates (subject to hydrolysis) is 1. The zero-order valence-electron chi connectivity index (χ0n) is 16.2. The van der Waals surface area contributed by atoms with Crippen molar-refractivity contribution in [2.45, 2.75) is 51.7 Å². The Kier molecular flexibility index (Phi) is 5.12. The molecule has 10 heteroatoms. The van der Waals surface area contributed by atoms with Crippen molar-refractivity contribution in [3.63, 3.8) is 0 Å². The molecule has 1 aliphatic heterocycles. The van der Waals surface area contributed by atoms with Gasteiger partial charge in [-0.1, -0.05) is 0 Å². The Morgan fingerprint density at radius 3 is 2.56 bits per heavy atom. The van der Waals surface area contributed by atoms with Crippen molar-refractivity contribution < 1.29 is 9.53 Å². The minimum atomic E-state index is -0.527. The topological polar surface area (TPSA) is 105 Å². The molecule has 1 amide bonds. The van der Waals surface area contributed by atoms with E-state index >= 15 is 0 Å². The Bertz CT molecular complexity index is 921. The predicted octanol–water partition coefficient (Wildman–Crippen LogP) is 2.14. The number of hydrogen-bond acceptors (Lipinski definition) is 6. The number of fused-ring (bicyclic) bond motifs is 1. The van der Waals surface area contributed by atoms with Crippen LogP contribution in [-0.4, -0.2) is 50.1 Å². The molecule has 27 heavy (non-hydrogen) atoms. The minimum absolute atomic E-state index is 0.117. The third kappa shape index (κ3) is 4.19. The monoisotopic (exact) mass is 488 g/mol. The molecule has 0 atom stereocenters. The number of hydrogen-bond donors (Lipinski definition) is 2. The Labute approximate surface area is 171 Å². The quantitative estimate of drug-likeness (QED) is 0.628. The van der Waals surface area contributed by atoms with Crippen LogP contribution in [0.25, 0.3) is 11.0 Å². The van der Waals surface area contributed by atoms with E-state index in [1.165, 1.54) is 0 Å². The highest BCUT2D eigenvalue weighted by Crippen LogP contribution is 2.26. The van der Waals surface area contributed by atoms with Gasteiger partial charge in [-0.25, -0.2) is 4.79 Å². The van der Waals surface area contributed by atoms with E-state index < -0.39 is 11.7 Å². The zero-order valence-corrected chi connectivity index (χ0v) is 18.4. The zero-order chi connectivity index (χ0) is 20.0. The molecule has 1 saturated heterocycles. The Morgan fingerprint density at radius 1 is 1.33 bits per heavy atom. The summed E-state index contributed by atoms with van der Waals surface area (Å²) in [4.78, 5) is 31.4. The smallest absolute Gasteiger partial charge is 0.408 e. The number of halogens is 1. The molecule has 0 aromatic carbocycles. The average Bonchev–Trinajstić information content (AvgIpc) is 2.90. The molecular formula is C17H25IN6O3. The number of aromatic nitrogens is 4. The molecule has 1 aliphatic rings. The molecule has 9 nitrogen and oxygen atoms in total. The molecule has 148 valence electrons. The average molecular weight is 488 g/mol. The number of anilines is 1. The highest BCUT2D eigenvalue weighted by atomic mass is 127. The van der Waals surface area contributed by atoms with Gasteiger partial charge < -0.3 is 15.0 Å². The van der Waals surface area contributed by atoms with Gasteiger partial charge in [0, 0.05) is 25.7 Å². The lowest BCUT2D eigenvalue weighted by Gasteiger charge is -2.40. The van der Waals surface area contributed by atoms with Crippen LogP contribution in [0, 0.1) is 3.70 Å². The Hall–Kier alpha value is -1.85. The maximum absolute atomic E-state index is 12.6. The third-order valence-electron chi connectivity index (χ3n) is 4.69. The Balaban J connectivity index is 1.74. The van der Waals surface area contributed by atoms with Crippen molar-refractivity contribution in [3.8, 4) is 0 Å². The first-order valence-electron chi connectivity index (χ1n) is 8.86. The van der Waals surface area contributed by atoms with Crippen LogP contribution < -0.4 is 15.8 Å². The molecule has 2 aromatic rings. The van der Waals surface area contributed by atoms with Crippen molar-refractivity contribution in [2.24, 2.45) is 7.05 Å². The number of aromatic amines is 1. The normalized spacial score (nSPS) is 17.2. The van der Waals surface area contributed by atoms with E-state index in [4.69, 9.17) is 4.74 Å². The van der Waals surface area contributed by atoms with Crippen LogP contribution in [0.4, 0.5) is 10.7 Å². The van der Waals surface area contributed by atoms with Crippen LogP contribution in [0.15, 0.2) is 4.79 Å². The summed E-state index contributed by atoms with van der Waals surface area (Å²) in [5, 5.41) is 10.4. The third-order valence-corrected chi connectivity index (χ3v) is 5.47. The van der Waals surface area contributed by atoms with E-state index in [2.05, 4.69) is 25.4 Å². The fourth-order valence-electron chi connectivity index (χ4n) is 3.17. The number of amides is 1. The second-order valence-corrected chi connectivity index (χ2v) is 9.21. The largest absolute Gasteiger partial charge is 0.444 e. The van der Waals surface area contributed by atoms with Crippen LogP contribution in [0.3, 0.4) is 0 Å². The molecule has 1 fully saturated rings. The van der Waals surface area contributed by atoms with E-state index in [-0.39, 0.29) is 11.1 Å². The highest BCUT2D eigenvalue weighted by molar-refractivity contribution is 14.1. The maximum Gasteiger partial charge on any atom is 0.408 e. The Morgan fingerprint density at radius 2 is 1.96 bits per heavy atom. The first kappa shape index (κ1) is 19.9. The predicted molar refractivity (Wildman–Crippen MR) is 111 cm³/mol. The van der Waals surface area contributed by atoms with Gasteiger partial charge in [0.2, 0.25) is 5.95 Å². The van der Waals surface area contributed by atoms with Crippen LogP contribution in [-0.2, 0) is 11.8 Å². The van der Waals surface area contributed by atoms with E-state index in [1.807, 2.05) is 50.3 Å². The molecule has 2 aromatic heterocycles. The number of ether oxygens (including phenoxy) is 1. The summed E-state index contributed by atoms with van der Waals surface area (Å²) in [6.07, 6.45) is 1.04. The highest BCUT2D eigenvalue weighted by Gasteiger charge is 2.34. The van der Waals surface area contributed by atoms with E-state index in [0.29, 0.717) is 33.8 Å². The molecule has 2 N–H and O–H groups in total. The van der Waals surface area contributed by atoms with Crippen molar-refractivity contribution in [1.29, 1.82) is 0 Å². The van der Waals surface area contributed by atoms with Gasteiger partial charge in [0.15, 0.2) is 5.65 Å². The van der Waals surface area contributed by atoms with Crippen LogP contribution in [0.1, 0.15) is 40.5 Å². The number of nitrogens with one attached hydrogen (secondary N) is 2. The molecule has 0 saturated carbocycles. The lowest BCUT2D eigenvalue weighted by Crippen LogP contribution is -2.55. The van der Waals surface area contributed by atoms with Gasteiger partial charge in [-0.3, -0.25) is 14.5 Å². The molecule has 0 radical (unpaired) electrons. The summed E-state index contributed by atoms with van der Waals surface area (Å²) >= 11 is 2.02. The number of H-pyrrole nitrogens is 1. The van der Waals surface area contributed by atoms with Gasteiger partial charge in [0.1, 0.15) is 14.7 Å². The molecule has 0 spiro atoms. The fraction of sp³-hybridized carbons (Fsp3) is 0.647. The van der Waals surface area contributed by atoms with Gasteiger partial charge in [0.25, 0.3) is 5.56 Å². The van der Waals surface area contributed by atoms with Crippen LogP contribution in [0.5, 0.6) is 0 Å². The number of carbonyl (C=O) groups excluding carboxylic acids is 1. The fourth-order valence-corrected chi connectivity index (χ4v) is 3.78. The summed E-state index contributed by atoms with van der Waals surface area (Å²) in [5.74, 6) is 0.604. The van der Waals surface area contributed by atoms with Crippen molar-refractivity contribution in [1.82, 2.24) is 25.1 Å².